The van der Waals surface area contributed by atoms with Crippen molar-refractivity contribution in [3.63, 3.8) is 0 Å². The van der Waals surface area contributed by atoms with E-state index in [1.807, 2.05) is 0 Å². The van der Waals surface area contributed by atoms with Crippen LogP contribution in [0.3, 0.4) is 0 Å². The van der Waals surface area contributed by atoms with Gasteiger partial charge in [0.15, 0.2) is 0 Å². The molecule has 1 radical (unpaired) electrons. The van der Waals surface area contributed by atoms with E-state index in [-0.39, 0.29) is 51.4 Å². The monoisotopic (exact) mass is 80.0 g/mol. The predicted molar refractivity (Wildman–Crippen MR) is 15.6 cm³/mol. The van der Waals surface area contributed by atoms with Crippen molar-refractivity contribution in [3.8, 4) is 0 Å². The smallest absolute Gasteiger partial charge is 0.103 e. The van der Waals surface area contributed by atoms with E-state index in [2.05, 4.69) is 13.5 Å². The average molecular weight is 80.2 g/mol. The summed E-state index contributed by atoms with van der Waals surface area (Å²) in [6, 6.07) is 0. The third-order valence-corrected chi connectivity index (χ3v) is 0. The second-order valence-corrected chi connectivity index (χ2v) is 0.289. The fourth-order valence-corrected chi connectivity index (χ4v) is 0. The molecular formula is C3H5K+. The van der Waals surface area contributed by atoms with Crippen molar-refractivity contribution < 1.29 is 51.4 Å². The minimum absolute atomic E-state index is 0. The van der Waals surface area contributed by atoms with E-state index in [1.165, 1.54) is 6.08 Å². The molecule has 1 heteroatoms. The molecule has 0 aromatic heterocycles. The summed E-state index contributed by atoms with van der Waals surface area (Å²) in [6.07, 6.45) is 1.50. The zero-order valence-electron chi connectivity index (χ0n) is 2.99. The minimum atomic E-state index is 0. The summed E-state index contributed by atoms with van der Waals surface area (Å²) in [5.74, 6) is 0. The molecule has 0 aromatic carbocycles. The van der Waals surface area contributed by atoms with Crippen molar-refractivity contribution in [3.05, 3.63) is 19.6 Å². The van der Waals surface area contributed by atoms with Crippen LogP contribution in [-0.2, 0) is 0 Å². The van der Waals surface area contributed by atoms with Crippen LogP contribution in [0.1, 0.15) is 0 Å². The van der Waals surface area contributed by atoms with E-state index in [0.717, 1.165) is 0 Å². The number of allylic oxidation sites excluding steroid dienone is 1. The first kappa shape index (κ1) is 9.03. The zero-order chi connectivity index (χ0) is 2.71. The molecule has 0 aliphatic rings. The fourth-order valence-electron chi connectivity index (χ4n) is 0. The Morgan fingerprint density at radius 2 is 1.50 bits per heavy atom. The van der Waals surface area contributed by atoms with Crippen molar-refractivity contribution in [1.82, 2.24) is 0 Å². The topological polar surface area (TPSA) is 0 Å². The summed E-state index contributed by atoms with van der Waals surface area (Å²) < 4.78 is 0. The molecule has 4 heavy (non-hydrogen) atoms. The van der Waals surface area contributed by atoms with E-state index in [9.17, 15) is 0 Å². The van der Waals surface area contributed by atoms with Crippen molar-refractivity contribution in [2.24, 2.45) is 0 Å². The molecule has 0 heterocycles. The number of rotatable bonds is 0. The van der Waals surface area contributed by atoms with Crippen LogP contribution in [0.15, 0.2) is 12.7 Å². The summed E-state index contributed by atoms with van der Waals surface area (Å²) in [5, 5.41) is 0. The molecule has 0 atom stereocenters. The Kier molecular flexibility index (Phi) is 20.0. The first-order valence-corrected chi connectivity index (χ1v) is 0.816. The van der Waals surface area contributed by atoms with Crippen LogP contribution in [0.2, 0.25) is 0 Å². The van der Waals surface area contributed by atoms with Crippen LogP contribution in [0, 0.1) is 6.92 Å². The normalized spacial score (nSPS) is 3.25. The van der Waals surface area contributed by atoms with Crippen LogP contribution in [0.5, 0.6) is 0 Å². The Bertz CT molecular complexity index is 10.8. The third kappa shape index (κ3) is 10.1. The summed E-state index contributed by atoms with van der Waals surface area (Å²) in [7, 11) is 0. The van der Waals surface area contributed by atoms with Gasteiger partial charge < -0.3 is 0 Å². The van der Waals surface area contributed by atoms with Crippen LogP contribution in [0.25, 0.3) is 0 Å². The molecule has 0 N–H and O–H groups in total. The van der Waals surface area contributed by atoms with Gasteiger partial charge in [0.1, 0.15) is 0 Å². The van der Waals surface area contributed by atoms with E-state index in [0.29, 0.717) is 0 Å². The molecule has 0 bridgehead atoms. The summed E-state index contributed by atoms with van der Waals surface area (Å²) >= 11 is 0. The minimum Gasteiger partial charge on any atom is -0.103 e. The van der Waals surface area contributed by atoms with Gasteiger partial charge in [-0.1, -0.05) is 6.08 Å². The maximum Gasteiger partial charge on any atom is 1.00 e. The average Bonchev–Trinajstić information content (AvgIpc) is 0.918. The Morgan fingerprint density at radius 1 is 1.50 bits per heavy atom. The maximum atomic E-state index is 3.25. The largest absolute Gasteiger partial charge is 1.00 e. The van der Waals surface area contributed by atoms with Crippen molar-refractivity contribution >= 4 is 0 Å². The molecule has 0 saturated carbocycles. The fraction of sp³-hybridized carbons (Fsp3) is 0. The molecular weight excluding hydrogens is 75.1 g/mol. The molecule has 0 rings (SSSR count). The molecule has 0 aliphatic carbocycles. The summed E-state index contributed by atoms with van der Waals surface area (Å²) in [6.45, 7) is 6.50. The molecule has 0 nitrogen and oxygen atoms in total. The van der Waals surface area contributed by atoms with Crippen LogP contribution >= 0.6 is 0 Å². The SMILES string of the molecule is [CH2]C=C.[K+]. The van der Waals surface area contributed by atoms with Gasteiger partial charge >= 0.3 is 51.4 Å². The standard InChI is InChI=1S/C3H5.K/c1-3-2;/h3H,1-2H2;/q;+1. The van der Waals surface area contributed by atoms with Gasteiger partial charge in [0.25, 0.3) is 0 Å². The summed E-state index contributed by atoms with van der Waals surface area (Å²) in [5.41, 5.74) is 0. The van der Waals surface area contributed by atoms with Gasteiger partial charge in [0.2, 0.25) is 0 Å². The quantitative estimate of drug-likeness (QED) is 0.296. The first-order valence-electron chi connectivity index (χ1n) is 0.816. The van der Waals surface area contributed by atoms with Crippen molar-refractivity contribution in [1.29, 1.82) is 0 Å². The Morgan fingerprint density at radius 3 is 1.50 bits per heavy atom. The molecule has 0 aliphatic heterocycles. The zero-order valence-corrected chi connectivity index (χ0v) is 6.11. The second kappa shape index (κ2) is 8.83. The van der Waals surface area contributed by atoms with Gasteiger partial charge in [-0.3, -0.25) is 0 Å². The molecule has 0 unspecified atom stereocenters. The number of hydrogen-bond donors (Lipinski definition) is 0. The van der Waals surface area contributed by atoms with Gasteiger partial charge in [-0.05, 0) is 6.92 Å². The van der Waals surface area contributed by atoms with Crippen LogP contribution in [0.4, 0.5) is 0 Å². The van der Waals surface area contributed by atoms with Crippen molar-refractivity contribution in [2.45, 2.75) is 0 Å². The molecule has 17 valence electrons. The van der Waals surface area contributed by atoms with E-state index in [4.69, 9.17) is 0 Å². The van der Waals surface area contributed by atoms with Crippen molar-refractivity contribution in [2.75, 3.05) is 0 Å². The summed E-state index contributed by atoms with van der Waals surface area (Å²) in [4.78, 5) is 0. The molecule has 0 amide bonds. The molecule has 0 fully saturated rings. The van der Waals surface area contributed by atoms with Gasteiger partial charge in [-0.15, -0.1) is 6.58 Å². The Labute approximate surface area is 69.7 Å². The van der Waals surface area contributed by atoms with E-state index in [1.54, 1.807) is 0 Å². The van der Waals surface area contributed by atoms with Gasteiger partial charge in [0.05, 0.1) is 0 Å². The Hall–Kier alpha value is 1.38. The molecule has 0 saturated heterocycles. The number of hydrogen-bond acceptors (Lipinski definition) is 0. The van der Waals surface area contributed by atoms with E-state index >= 15 is 0 Å². The third-order valence-electron chi connectivity index (χ3n) is 0. The maximum absolute atomic E-state index is 3.25. The van der Waals surface area contributed by atoms with Gasteiger partial charge in [-0.2, -0.15) is 0 Å². The van der Waals surface area contributed by atoms with Gasteiger partial charge in [-0.25, -0.2) is 0 Å². The molecule has 0 spiro atoms. The first-order chi connectivity index (χ1) is 1.41. The predicted octanol–water partition coefficient (Wildman–Crippen LogP) is -1.99. The van der Waals surface area contributed by atoms with Gasteiger partial charge in [0, 0.05) is 0 Å². The Balaban J connectivity index is 0. The second-order valence-electron chi connectivity index (χ2n) is 0.289. The van der Waals surface area contributed by atoms with E-state index < -0.39 is 0 Å². The van der Waals surface area contributed by atoms with Crippen LogP contribution < -0.4 is 51.4 Å². The molecule has 0 aromatic rings. The van der Waals surface area contributed by atoms with Crippen LogP contribution in [-0.4, -0.2) is 0 Å².